The highest BCUT2D eigenvalue weighted by atomic mass is 127. The molecule has 0 aromatic rings. The summed E-state index contributed by atoms with van der Waals surface area (Å²) in [6.45, 7) is 12.5. The summed E-state index contributed by atoms with van der Waals surface area (Å²) < 4.78 is 5.68. The molecule has 8 nitrogen and oxygen atoms in total. The summed E-state index contributed by atoms with van der Waals surface area (Å²) in [5.41, 5.74) is -0.493. The van der Waals surface area contributed by atoms with Crippen LogP contribution in [0.25, 0.3) is 0 Å². The fraction of sp³-hybridized carbons (Fsp3) is 0.773. The van der Waals surface area contributed by atoms with Crippen molar-refractivity contribution in [3.05, 3.63) is 12.7 Å². The Balaban J connectivity index is 0.00000480. The molecule has 178 valence electrons. The monoisotopic (exact) mass is 549 g/mol. The summed E-state index contributed by atoms with van der Waals surface area (Å²) in [5, 5.41) is 3.26. The van der Waals surface area contributed by atoms with Crippen LogP contribution in [0, 0.1) is 5.92 Å². The average Bonchev–Trinajstić information content (AvgIpc) is 3.49. The number of hydrogen-bond donors (Lipinski definition) is 1. The summed E-state index contributed by atoms with van der Waals surface area (Å²) in [6.07, 6.45) is 5.66. The first kappa shape index (κ1) is 27.5. The highest BCUT2D eigenvalue weighted by Gasteiger charge is 2.35. The van der Waals surface area contributed by atoms with Gasteiger partial charge in [0.05, 0.1) is 0 Å². The van der Waals surface area contributed by atoms with Crippen molar-refractivity contribution in [2.75, 3.05) is 46.8 Å². The van der Waals surface area contributed by atoms with E-state index in [1.807, 2.05) is 25.7 Å². The summed E-state index contributed by atoms with van der Waals surface area (Å²) in [6, 6.07) is 0.167. The van der Waals surface area contributed by atoms with E-state index in [1.54, 1.807) is 20.2 Å². The number of nitrogens with one attached hydrogen (secondary N) is 1. The van der Waals surface area contributed by atoms with Crippen molar-refractivity contribution in [1.29, 1.82) is 0 Å². The molecule has 1 saturated heterocycles. The molecule has 1 aliphatic heterocycles. The summed E-state index contributed by atoms with van der Waals surface area (Å²) in [4.78, 5) is 34.9. The Labute approximate surface area is 204 Å². The third-order valence-electron chi connectivity index (χ3n) is 5.25. The second-order valence-corrected chi connectivity index (χ2v) is 9.39. The molecule has 0 aromatic carbocycles. The van der Waals surface area contributed by atoms with E-state index in [0.29, 0.717) is 12.5 Å². The standard InChI is InChI=1S/C22H39N5O3.HI/c1-7-12-23-20(24-15-19(28)25(5)6)26-13-10-18(11-14-26)27(16-17-8-9-17)21(29)30-22(2,3)4;/h7,17-18H,1,8-16H2,2-6H3,(H,23,24);1H. The molecule has 2 fully saturated rings. The van der Waals surface area contributed by atoms with Gasteiger partial charge in [0.1, 0.15) is 12.1 Å². The normalized spacial score (nSPS) is 17.5. The molecule has 0 atom stereocenters. The van der Waals surface area contributed by atoms with Gasteiger partial charge in [0.2, 0.25) is 5.91 Å². The van der Waals surface area contributed by atoms with Crippen molar-refractivity contribution < 1.29 is 14.3 Å². The number of rotatable bonds is 7. The molecule has 1 aliphatic carbocycles. The predicted molar refractivity (Wildman–Crippen MR) is 135 cm³/mol. The molecule has 2 amide bonds. The Bertz CT molecular complexity index is 636. The van der Waals surface area contributed by atoms with Crippen molar-refractivity contribution in [1.82, 2.24) is 20.0 Å². The Kier molecular flexibility index (Phi) is 11.1. The van der Waals surface area contributed by atoms with Gasteiger partial charge in [-0.2, -0.15) is 0 Å². The van der Waals surface area contributed by atoms with Crippen molar-refractivity contribution in [3.63, 3.8) is 0 Å². The fourth-order valence-corrected chi connectivity index (χ4v) is 3.38. The topological polar surface area (TPSA) is 77.5 Å². The number of halogens is 1. The number of hydrogen-bond acceptors (Lipinski definition) is 4. The maximum absolute atomic E-state index is 12.8. The van der Waals surface area contributed by atoms with Crippen LogP contribution in [0.1, 0.15) is 46.5 Å². The lowest BCUT2D eigenvalue weighted by atomic mass is 10.0. The SMILES string of the molecule is C=CCNC(=NCC(=O)N(C)C)N1CCC(N(CC2CC2)C(=O)OC(C)(C)C)CC1.I. The van der Waals surface area contributed by atoms with E-state index in [1.165, 1.54) is 17.7 Å². The molecule has 1 heterocycles. The van der Waals surface area contributed by atoms with E-state index >= 15 is 0 Å². The summed E-state index contributed by atoms with van der Waals surface area (Å²) in [5.74, 6) is 1.29. The van der Waals surface area contributed by atoms with Crippen LogP contribution in [-0.2, 0) is 9.53 Å². The van der Waals surface area contributed by atoms with Gasteiger partial charge in [0, 0.05) is 46.3 Å². The van der Waals surface area contributed by atoms with Crippen LogP contribution >= 0.6 is 24.0 Å². The molecule has 0 unspecified atom stereocenters. The smallest absolute Gasteiger partial charge is 0.410 e. The van der Waals surface area contributed by atoms with Gasteiger partial charge in [0.25, 0.3) is 0 Å². The molecule has 0 spiro atoms. The lowest BCUT2D eigenvalue weighted by Gasteiger charge is -2.40. The first-order chi connectivity index (χ1) is 14.1. The number of carbonyl (C=O) groups excluding carboxylic acids is 2. The van der Waals surface area contributed by atoms with Gasteiger partial charge in [0.15, 0.2) is 5.96 Å². The molecule has 2 rings (SSSR count). The molecule has 2 aliphatic rings. The quantitative estimate of drug-likeness (QED) is 0.229. The number of guanidine groups is 1. The van der Waals surface area contributed by atoms with E-state index in [4.69, 9.17) is 4.74 Å². The van der Waals surface area contributed by atoms with Crippen molar-refractivity contribution >= 4 is 41.9 Å². The second-order valence-electron chi connectivity index (χ2n) is 9.39. The van der Waals surface area contributed by atoms with E-state index in [9.17, 15) is 9.59 Å². The molecule has 0 bridgehead atoms. The first-order valence-corrected chi connectivity index (χ1v) is 10.9. The van der Waals surface area contributed by atoms with Gasteiger partial charge in [-0.1, -0.05) is 6.08 Å². The van der Waals surface area contributed by atoms with E-state index in [-0.39, 0.29) is 48.6 Å². The van der Waals surface area contributed by atoms with Gasteiger partial charge >= 0.3 is 6.09 Å². The predicted octanol–water partition coefficient (Wildman–Crippen LogP) is 2.94. The Hall–Kier alpha value is -1.52. The minimum Gasteiger partial charge on any atom is -0.444 e. The van der Waals surface area contributed by atoms with Crippen LogP contribution in [0.15, 0.2) is 17.6 Å². The van der Waals surface area contributed by atoms with Crippen LogP contribution in [0.2, 0.25) is 0 Å². The summed E-state index contributed by atoms with van der Waals surface area (Å²) in [7, 11) is 3.45. The number of likely N-dealkylation sites (tertiary alicyclic amines) is 1. The lowest BCUT2D eigenvalue weighted by Crippen LogP contribution is -2.52. The minimum atomic E-state index is -0.493. The maximum Gasteiger partial charge on any atom is 0.410 e. The Morgan fingerprint density at radius 1 is 1.19 bits per heavy atom. The van der Waals surface area contributed by atoms with Gasteiger partial charge in [-0.25, -0.2) is 9.79 Å². The van der Waals surface area contributed by atoms with Crippen LogP contribution in [0.4, 0.5) is 4.79 Å². The Morgan fingerprint density at radius 2 is 1.81 bits per heavy atom. The highest BCUT2D eigenvalue weighted by Crippen LogP contribution is 2.32. The van der Waals surface area contributed by atoms with Crippen LogP contribution < -0.4 is 5.32 Å². The molecule has 0 radical (unpaired) electrons. The van der Waals surface area contributed by atoms with E-state index in [2.05, 4.69) is 21.8 Å². The average molecular weight is 549 g/mol. The zero-order chi connectivity index (χ0) is 22.3. The zero-order valence-corrected chi connectivity index (χ0v) is 22.1. The third kappa shape index (κ3) is 9.65. The molecule has 31 heavy (non-hydrogen) atoms. The molecular weight excluding hydrogens is 509 g/mol. The molecule has 1 saturated carbocycles. The van der Waals surface area contributed by atoms with E-state index < -0.39 is 5.60 Å². The molecule has 0 aromatic heterocycles. The van der Waals surface area contributed by atoms with Crippen molar-refractivity contribution in [3.8, 4) is 0 Å². The number of ether oxygens (including phenoxy) is 1. The fourth-order valence-electron chi connectivity index (χ4n) is 3.38. The van der Waals surface area contributed by atoms with Gasteiger partial charge < -0.3 is 24.8 Å². The lowest BCUT2D eigenvalue weighted by molar-refractivity contribution is -0.127. The molecule has 1 N–H and O–H groups in total. The first-order valence-electron chi connectivity index (χ1n) is 10.9. The molecule has 9 heteroatoms. The minimum absolute atomic E-state index is 0. The van der Waals surface area contributed by atoms with Gasteiger partial charge in [-0.15, -0.1) is 30.6 Å². The number of aliphatic imine (C=N–C) groups is 1. The van der Waals surface area contributed by atoms with Crippen molar-refractivity contribution in [2.45, 2.75) is 58.1 Å². The maximum atomic E-state index is 12.8. The van der Waals surface area contributed by atoms with E-state index in [0.717, 1.165) is 38.4 Å². The van der Waals surface area contributed by atoms with Crippen LogP contribution in [0.3, 0.4) is 0 Å². The number of amides is 2. The number of likely N-dealkylation sites (N-methyl/N-ethyl adjacent to an activating group) is 1. The van der Waals surface area contributed by atoms with Crippen LogP contribution in [-0.4, -0.2) is 91.1 Å². The second kappa shape index (κ2) is 12.5. The largest absolute Gasteiger partial charge is 0.444 e. The zero-order valence-electron chi connectivity index (χ0n) is 19.7. The number of nitrogens with zero attached hydrogens (tertiary/aromatic N) is 4. The summed E-state index contributed by atoms with van der Waals surface area (Å²) >= 11 is 0. The van der Waals surface area contributed by atoms with Gasteiger partial charge in [-0.3, -0.25) is 4.79 Å². The van der Waals surface area contributed by atoms with Gasteiger partial charge in [-0.05, 0) is 52.4 Å². The van der Waals surface area contributed by atoms with Crippen molar-refractivity contribution in [2.24, 2.45) is 10.9 Å². The number of carbonyl (C=O) groups is 2. The van der Waals surface area contributed by atoms with Crippen LogP contribution in [0.5, 0.6) is 0 Å². The Morgan fingerprint density at radius 3 is 2.29 bits per heavy atom. The number of piperidine rings is 1. The third-order valence-corrected chi connectivity index (χ3v) is 5.25. The highest BCUT2D eigenvalue weighted by molar-refractivity contribution is 14.0. The molecular formula is C22H40IN5O3.